The summed E-state index contributed by atoms with van der Waals surface area (Å²) in [7, 11) is 3.81. The number of halogens is 1. The van der Waals surface area contributed by atoms with Crippen LogP contribution in [-0.4, -0.2) is 7.85 Å². The van der Waals surface area contributed by atoms with Crippen LogP contribution in [0.15, 0.2) is 24.3 Å². The number of rotatable bonds is 2. The molecule has 0 aromatic heterocycles. The smallest absolute Gasteiger partial charge is 0.161 e. The molecule has 0 saturated heterocycles. The maximum Gasteiger partial charge on any atom is 0.161 e. The van der Waals surface area contributed by atoms with E-state index >= 15 is 0 Å². The molecule has 0 saturated carbocycles. The Kier molecular flexibility index (Phi) is 3.13. The van der Waals surface area contributed by atoms with Crippen LogP contribution in [0.2, 0.25) is 0 Å². The Bertz CT molecular complexity index is 291. The fraction of sp³-hybridized carbons (Fsp3) is 0.400. The van der Waals surface area contributed by atoms with Gasteiger partial charge in [0.1, 0.15) is 5.31 Å². The topological polar surface area (TPSA) is 0 Å². The molecule has 1 aromatic rings. The summed E-state index contributed by atoms with van der Waals surface area (Å²) in [6.07, 6.45) is 0. The van der Waals surface area contributed by atoms with E-state index in [1.807, 2.05) is 24.3 Å². The van der Waals surface area contributed by atoms with Gasteiger partial charge in [-0.1, -0.05) is 38.1 Å². The molecule has 0 heterocycles. The highest BCUT2D eigenvalue weighted by Crippen LogP contribution is 2.34. The number of benzene rings is 1. The molecule has 2 unspecified atom stereocenters. The molecule has 0 spiro atoms. The first-order chi connectivity index (χ1) is 5.93. The van der Waals surface area contributed by atoms with Crippen molar-refractivity contribution in [2.24, 2.45) is 0 Å². The quantitative estimate of drug-likeness (QED) is 0.503. The summed E-state index contributed by atoms with van der Waals surface area (Å²) in [5, 5.41) is -1.32. The maximum atomic E-state index is 13.7. The average molecular weight is 196 g/mol. The van der Waals surface area contributed by atoms with Gasteiger partial charge in [-0.25, -0.2) is 4.39 Å². The van der Waals surface area contributed by atoms with Gasteiger partial charge in [-0.3, -0.25) is 0 Å². The van der Waals surface area contributed by atoms with Crippen LogP contribution in [0, 0.1) is 0 Å². The lowest BCUT2D eigenvalue weighted by molar-refractivity contribution is 0.409. The summed E-state index contributed by atoms with van der Waals surface area (Å²) in [4.78, 5) is 0. The van der Waals surface area contributed by atoms with Crippen molar-refractivity contribution in [2.75, 3.05) is 0 Å². The zero-order valence-electron chi connectivity index (χ0n) is 8.34. The molecule has 0 aliphatic rings. The standard InChI is InChI=1S/C10H15BFP/c1-7(2)8-5-3-4-6-9(8)10(11,12)13/h3-7H,11,13H2,1-2H3. The Balaban J connectivity index is 3.20. The van der Waals surface area contributed by atoms with Crippen LogP contribution in [0.4, 0.5) is 4.39 Å². The second-order valence-electron chi connectivity index (χ2n) is 3.82. The molecular formula is C10H15BFP. The minimum atomic E-state index is -1.32. The van der Waals surface area contributed by atoms with E-state index in [-0.39, 0.29) is 0 Å². The first kappa shape index (κ1) is 10.7. The van der Waals surface area contributed by atoms with Gasteiger partial charge in [0.15, 0.2) is 7.85 Å². The van der Waals surface area contributed by atoms with Crippen LogP contribution in [-0.2, 0) is 5.31 Å². The summed E-state index contributed by atoms with van der Waals surface area (Å²) in [6.45, 7) is 4.16. The highest BCUT2D eigenvalue weighted by Gasteiger charge is 2.22. The Labute approximate surface area is 82.5 Å². The normalized spacial score (nSPS) is 15.8. The Morgan fingerprint density at radius 3 is 2.31 bits per heavy atom. The summed E-state index contributed by atoms with van der Waals surface area (Å²) >= 11 is 0. The molecule has 0 nitrogen and oxygen atoms in total. The zero-order chi connectivity index (χ0) is 10.1. The molecule has 0 aliphatic carbocycles. The number of alkyl halides is 1. The fourth-order valence-electron chi connectivity index (χ4n) is 1.45. The fourth-order valence-corrected chi connectivity index (χ4v) is 1.71. The van der Waals surface area contributed by atoms with E-state index in [1.54, 1.807) is 7.85 Å². The van der Waals surface area contributed by atoms with E-state index in [0.717, 1.165) is 11.1 Å². The second kappa shape index (κ2) is 3.80. The lowest BCUT2D eigenvalue weighted by Gasteiger charge is -2.20. The highest BCUT2D eigenvalue weighted by molar-refractivity contribution is 7.21. The van der Waals surface area contributed by atoms with Gasteiger partial charge in [0.2, 0.25) is 0 Å². The molecular weight excluding hydrogens is 181 g/mol. The van der Waals surface area contributed by atoms with E-state index < -0.39 is 5.31 Å². The Morgan fingerprint density at radius 2 is 1.92 bits per heavy atom. The van der Waals surface area contributed by atoms with Crippen LogP contribution in [0.25, 0.3) is 0 Å². The van der Waals surface area contributed by atoms with Crippen LogP contribution in [0.1, 0.15) is 30.9 Å². The first-order valence-electron chi connectivity index (χ1n) is 4.50. The van der Waals surface area contributed by atoms with Crippen molar-refractivity contribution in [1.29, 1.82) is 0 Å². The van der Waals surface area contributed by atoms with Gasteiger partial charge >= 0.3 is 0 Å². The molecule has 0 radical (unpaired) electrons. The minimum Gasteiger partial charge on any atom is -0.245 e. The van der Waals surface area contributed by atoms with Gasteiger partial charge in [0.25, 0.3) is 0 Å². The van der Waals surface area contributed by atoms with Crippen molar-refractivity contribution in [3.05, 3.63) is 35.4 Å². The minimum absolute atomic E-state index is 0.367. The van der Waals surface area contributed by atoms with E-state index in [0.29, 0.717) is 5.92 Å². The van der Waals surface area contributed by atoms with Crippen LogP contribution >= 0.6 is 9.24 Å². The third kappa shape index (κ3) is 2.54. The van der Waals surface area contributed by atoms with Gasteiger partial charge < -0.3 is 0 Å². The van der Waals surface area contributed by atoms with Crippen molar-refractivity contribution in [3.63, 3.8) is 0 Å². The molecule has 0 N–H and O–H groups in total. The van der Waals surface area contributed by atoms with Gasteiger partial charge in [-0.15, -0.1) is 9.24 Å². The third-order valence-corrected chi connectivity index (χ3v) is 2.42. The first-order valence-corrected chi connectivity index (χ1v) is 5.08. The molecule has 2 atom stereocenters. The molecule has 3 heteroatoms. The highest BCUT2D eigenvalue weighted by atomic mass is 31.0. The van der Waals surface area contributed by atoms with E-state index in [9.17, 15) is 4.39 Å². The lowest BCUT2D eigenvalue weighted by Crippen LogP contribution is -2.13. The number of hydrogen-bond donors (Lipinski definition) is 0. The van der Waals surface area contributed by atoms with Crippen molar-refractivity contribution in [1.82, 2.24) is 0 Å². The Hall–Kier alpha value is -0.355. The SMILES string of the molecule is BC(F)(P)c1ccccc1C(C)C. The largest absolute Gasteiger partial charge is 0.245 e. The summed E-state index contributed by atoms with van der Waals surface area (Å²) in [6, 6.07) is 7.67. The van der Waals surface area contributed by atoms with Gasteiger partial charge in [-0.05, 0) is 17.0 Å². The maximum absolute atomic E-state index is 13.7. The van der Waals surface area contributed by atoms with Gasteiger partial charge in [-0.2, -0.15) is 0 Å². The molecule has 0 aliphatic heterocycles. The summed E-state index contributed by atoms with van der Waals surface area (Å²) < 4.78 is 13.7. The van der Waals surface area contributed by atoms with Crippen molar-refractivity contribution >= 4 is 17.1 Å². The van der Waals surface area contributed by atoms with Crippen LogP contribution in [0.5, 0.6) is 0 Å². The van der Waals surface area contributed by atoms with E-state index in [4.69, 9.17) is 0 Å². The lowest BCUT2D eigenvalue weighted by atomic mass is 9.86. The second-order valence-corrected chi connectivity index (χ2v) is 4.90. The molecule has 70 valence electrons. The Morgan fingerprint density at radius 1 is 1.38 bits per heavy atom. The predicted octanol–water partition coefficient (Wildman–Crippen LogP) is 2.40. The monoisotopic (exact) mass is 196 g/mol. The summed E-state index contributed by atoms with van der Waals surface area (Å²) in [5.74, 6) is 0.367. The molecule has 0 fully saturated rings. The zero-order valence-corrected chi connectivity index (χ0v) is 9.50. The third-order valence-electron chi connectivity index (χ3n) is 2.11. The number of hydrogen-bond acceptors (Lipinski definition) is 0. The van der Waals surface area contributed by atoms with Crippen molar-refractivity contribution < 1.29 is 4.39 Å². The summed E-state index contributed by atoms with van der Waals surface area (Å²) in [5.41, 5.74) is 1.86. The van der Waals surface area contributed by atoms with Crippen LogP contribution in [0.3, 0.4) is 0 Å². The van der Waals surface area contributed by atoms with Gasteiger partial charge in [0.05, 0.1) is 0 Å². The van der Waals surface area contributed by atoms with E-state index in [1.165, 1.54) is 0 Å². The molecule has 1 rings (SSSR count). The average Bonchev–Trinajstić information content (AvgIpc) is 2.03. The molecule has 1 aromatic carbocycles. The molecule has 0 amide bonds. The molecule has 0 bridgehead atoms. The van der Waals surface area contributed by atoms with Gasteiger partial charge in [0, 0.05) is 0 Å². The van der Waals surface area contributed by atoms with Crippen LogP contribution < -0.4 is 0 Å². The van der Waals surface area contributed by atoms with E-state index in [2.05, 4.69) is 23.1 Å². The van der Waals surface area contributed by atoms with Crippen molar-refractivity contribution in [2.45, 2.75) is 25.1 Å². The van der Waals surface area contributed by atoms with Crippen molar-refractivity contribution in [3.8, 4) is 0 Å². The predicted molar refractivity (Wildman–Crippen MR) is 61.6 cm³/mol. The molecule has 13 heavy (non-hydrogen) atoms.